The Bertz CT molecular complexity index is 853. The van der Waals surface area contributed by atoms with E-state index in [2.05, 4.69) is 9.88 Å². The second-order valence-corrected chi connectivity index (χ2v) is 10.3. The van der Waals surface area contributed by atoms with Gasteiger partial charge >= 0.3 is 6.18 Å². The van der Waals surface area contributed by atoms with Gasteiger partial charge in [0.15, 0.2) is 0 Å². The van der Waals surface area contributed by atoms with Gasteiger partial charge in [0.25, 0.3) is 0 Å². The van der Waals surface area contributed by atoms with Gasteiger partial charge < -0.3 is 4.74 Å². The highest BCUT2D eigenvalue weighted by Gasteiger charge is 2.49. The molecule has 29 heavy (non-hydrogen) atoms. The molecule has 10 heteroatoms. The number of ether oxygens (including phenoxy) is 1. The zero-order valence-corrected chi connectivity index (χ0v) is 17.2. The maximum Gasteiger partial charge on any atom is 0.433 e. The summed E-state index contributed by atoms with van der Waals surface area (Å²) >= 11 is 0. The molecule has 0 atom stereocenters. The van der Waals surface area contributed by atoms with Crippen LogP contribution in [0, 0.1) is 12.3 Å². The minimum atomic E-state index is -4.59. The second-order valence-electron chi connectivity index (χ2n) is 8.39. The number of sulfonamides is 1. The Morgan fingerprint density at radius 1 is 1.10 bits per heavy atom. The third-order valence-corrected chi connectivity index (χ3v) is 8.66. The minimum absolute atomic E-state index is 0.115. The molecular weight excluding hydrogens is 407 g/mol. The van der Waals surface area contributed by atoms with E-state index in [0.29, 0.717) is 19.1 Å². The number of halogens is 3. The van der Waals surface area contributed by atoms with Gasteiger partial charge in [-0.1, -0.05) is 0 Å². The number of hydrogen-bond donors (Lipinski definition) is 0. The molecule has 2 saturated heterocycles. The van der Waals surface area contributed by atoms with Crippen LogP contribution in [0.15, 0.2) is 17.0 Å². The first kappa shape index (κ1) is 21.0. The van der Waals surface area contributed by atoms with Crippen molar-refractivity contribution in [3.8, 4) is 0 Å². The van der Waals surface area contributed by atoms with Gasteiger partial charge in [-0.15, -0.1) is 0 Å². The Morgan fingerprint density at radius 2 is 1.72 bits per heavy atom. The van der Waals surface area contributed by atoms with Crippen molar-refractivity contribution >= 4 is 10.0 Å². The van der Waals surface area contributed by atoms with Crippen molar-refractivity contribution in [1.29, 1.82) is 0 Å². The molecule has 1 spiro atoms. The second kappa shape index (κ2) is 7.47. The molecule has 6 nitrogen and oxygen atoms in total. The fourth-order valence-electron chi connectivity index (χ4n) is 4.87. The van der Waals surface area contributed by atoms with Gasteiger partial charge in [-0.05, 0) is 50.2 Å². The van der Waals surface area contributed by atoms with Gasteiger partial charge in [-0.2, -0.15) is 17.5 Å². The summed E-state index contributed by atoms with van der Waals surface area (Å²) in [5, 5.41) is 0. The maximum atomic E-state index is 13.0. The number of rotatable bonds is 3. The molecule has 1 aliphatic carbocycles. The summed E-state index contributed by atoms with van der Waals surface area (Å²) in [6.07, 6.45) is -0.838. The average molecular weight is 433 g/mol. The molecule has 3 fully saturated rings. The van der Waals surface area contributed by atoms with Crippen molar-refractivity contribution in [2.24, 2.45) is 5.41 Å². The van der Waals surface area contributed by atoms with E-state index < -0.39 is 21.9 Å². The molecular formula is C19H26F3N3O3S. The summed E-state index contributed by atoms with van der Waals surface area (Å²) in [5.74, 6) is 0. The van der Waals surface area contributed by atoms with Crippen LogP contribution in [-0.4, -0.2) is 68.0 Å². The lowest BCUT2D eigenvalue weighted by Crippen LogP contribution is -2.57. The summed E-state index contributed by atoms with van der Waals surface area (Å²) in [6.45, 7) is 5.58. The van der Waals surface area contributed by atoms with Crippen molar-refractivity contribution in [2.75, 3.05) is 39.4 Å². The number of morpholine rings is 1. The van der Waals surface area contributed by atoms with E-state index in [1.54, 1.807) is 0 Å². The fraction of sp³-hybridized carbons (Fsp3) is 0.737. The monoisotopic (exact) mass is 433 g/mol. The molecule has 2 aliphatic heterocycles. The number of alkyl halides is 3. The maximum absolute atomic E-state index is 13.0. The number of hydrogen-bond acceptors (Lipinski definition) is 5. The Morgan fingerprint density at radius 3 is 2.28 bits per heavy atom. The molecule has 4 rings (SSSR count). The van der Waals surface area contributed by atoms with E-state index in [1.807, 2.05) is 0 Å². The van der Waals surface area contributed by atoms with E-state index in [4.69, 9.17) is 4.74 Å². The van der Waals surface area contributed by atoms with Crippen LogP contribution in [0.25, 0.3) is 0 Å². The molecule has 3 aliphatic rings. The van der Waals surface area contributed by atoms with Gasteiger partial charge in [0, 0.05) is 32.2 Å². The number of aryl methyl sites for hydroxylation is 1. The molecule has 1 aromatic rings. The van der Waals surface area contributed by atoms with Gasteiger partial charge in [0.05, 0.1) is 18.9 Å². The number of pyridine rings is 1. The summed E-state index contributed by atoms with van der Waals surface area (Å²) in [5.41, 5.74) is -0.992. The van der Waals surface area contributed by atoms with E-state index in [1.165, 1.54) is 11.2 Å². The Labute approximate surface area is 169 Å². The lowest BCUT2D eigenvalue weighted by Gasteiger charge is -2.55. The largest absolute Gasteiger partial charge is 0.433 e. The summed E-state index contributed by atoms with van der Waals surface area (Å²) in [7, 11) is -3.85. The van der Waals surface area contributed by atoms with Crippen LogP contribution in [0.2, 0.25) is 0 Å². The first-order valence-electron chi connectivity index (χ1n) is 9.98. The third-order valence-electron chi connectivity index (χ3n) is 6.63. The van der Waals surface area contributed by atoms with E-state index in [0.717, 1.165) is 64.1 Å². The first-order chi connectivity index (χ1) is 13.6. The standard InChI is InChI=1S/C19H26F3N3O3S/c1-14-16(2-3-17(23-14)19(20,21)22)29(26,27)25-6-4-18(5-7-25)12-15(13-18)24-8-10-28-11-9-24/h2-3,15H,4-13H2,1H3. The fourth-order valence-corrected chi connectivity index (χ4v) is 6.47. The lowest BCUT2D eigenvalue weighted by atomic mass is 9.60. The van der Waals surface area contributed by atoms with Crippen LogP contribution in [0.3, 0.4) is 0 Å². The van der Waals surface area contributed by atoms with E-state index >= 15 is 0 Å². The molecule has 162 valence electrons. The SMILES string of the molecule is Cc1nc(C(F)(F)F)ccc1S(=O)(=O)N1CCC2(CC1)CC(N1CCOCC1)C2. The van der Waals surface area contributed by atoms with Gasteiger partial charge in [-0.25, -0.2) is 13.4 Å². The zero-order chi connectivity index (χ0) is 20.9. The summed E-state index contributed by atoms with van der Waals surface area (Å²) < 4.78 is 71.2. The number of piperidine rings is 1. The molecule has 0 amide bonds. The molecule has 0 bridgehead atoms. The molecule has 0 unspecified atom stereocenters. The predicted octanol–water partition coefficient (Wildman–Crippen LogP) is 2.67. The normalized spacial score (nSPS) is 24.6. The van der Waals surface area contributed by atoms with Crippen LogP contribution < -0.4 is 0 Å². The predicted molar refractivity (Wildman–Crippen MR) is 99.8 cm³/mol. The highest BCUT2D eigenvalue weighted by Crippen LogP contribution is 2.51. The smallest absolute Gasteiger partial charge is 0.379 e. The van der Waals surface area contributed by atoms with Crippen LogP contribution in [0.1, 0.15) is 37.1 Å². The van der Waals surface area contributed by atoms with E-state index in [9.17, 15) is 21.6 Å². The quantitative estimate of drug-likeness (QED) is 0.734. The van der Waals surface area contributed by atoms with Crippen molar-refractivity contribution in [3.05, 3.63) is 23.5 Å². The highest BCUT2D eigenvalue weighted by molar-refractivity contribution is 7.89. The Balaban J connectivity index is 1.39. The molecule has 0 N–H and O–H groups in total. The topological polar surface area (TPSA) is 62.7 Å². The molecule has 0 aromatic carbocycles. The van der Waals surface area contributed by atoms with Crippen LogP contribution in [0.5, 0.6) is 0 Å². The summed E-state index contributed by atoms with van der Waals surface area (Å²) in [4.78, 5) is 5.81. The summed E-state index contributed by atoms with van der Waals surface area (Å²) in [6, 6.07) is 2.33. The Kier molecular flexibility index (Phi) is 5.42. The number of aromatic nitrogens is 1. The van der Waals surface area contributed by atoms with Gasteiger partial charge in [0.2, 0.25) is 10.0 Å². The first-order valence-corrected chi connectivity index (χ1v) is 11.4. The molecule has 1 aromatic heterocycles. The molecule has 0 radical (unpaired) electrons. The molecule has 3 heterocycles. The molecule has 1 saturated carbocycles. The van der Waals surface area contributed by atoms with Crippen molar-refractivity contribution in [2.45, 2.75) is 49.7 Å². The lowest BCUT2D eigenvalue weighted by molar-refractivity contribution is -0.141. The number of nitrogens with zero attached hydrogens (tertiary/aromatic N) is 3. The van der Waals surface area contributed by atoms with Crippen LogP contribution in [0.4, 0.5) is 13.2 Å². The van der Waals surface area contributed by atoms with Crippen LogP contribution in [-0.2, 0) is 20.9 Å². The van der Waals surface area contributed by atoms with E-state index in [-0.39, 0.29) is 16.0 Å². The zero-order valence-electron chi connectivity index (χ0n) is 16.4. The van der Waals surface area contributed by atoms with Gasteiger partial charge in [-0.3, -0.25) is 4.90 Å². The Hall–Kier alpha value is -1.23. The van der Waals surface area contributed by atoms with Crippen molar-refractivity contribution in [1.82, 2.24) is 14.2 Å². The highest BCUT2D eigenvalue weighted by atomic mass is 32.2. The van der Waals surface area contributed by atoms with Crippen LogP contribution >= 0.6 is 0 Å². The minimum Gasteiger partial charge on any atom is -0.379 e. The third kappa shape index (κ3) is 4.04. The average Bonchev–Trinajstić information content (AvgIpc) is 2.66. The van der Waals surface area contributed by atoms with Gasteiger partial charge in [0.1, 0.15) is 10.6 Å². The van der Waals surface area contributed by atoms with Crippen molar-refractivity contribution < 1.29 is 26.3 Å². The van der Waals surface area contributed by atoms with Crippen molar-refractivity contribution in [3.63, 3.8) is 0 Å².